The molecule has 5 heteroatoms. The van der Waals surface area contributed by atoms with Crippen molar-refractivity contribution >= 4 is 34.0 Å². The molecule has 0 atom stereocenters. The second kappa shape index (κ2) is 5.32. The van der Waals surface area contributed by atoms with E-state index >= 15 is 0 Å². The summed E-state index contributed by atoms with van der Waals surface area (Å²) < 4.78 is 0. The molecule has 3 aromatic rings. The summed E-state index contributed by atoms with van der Waals surface area (Å²) in [6.45, 7) is 0.654. The molecule has 0 saturated heterocycles. The first-order valence-electron chi connectivity index (χ1n) is 5.66. The molecule has 92 valence electrons. The zero-order valence-corrected chi connectivity index (χ0v) is 12.1. The average molecular weight is 292 g/mol. The summed E-state index contributed by atoms with van der Waals surface area (Å²) in [4.78, 5) is 8.55. The fourth-order valence-electron chi connectivity index (χ4n) is 1.75. The highest BCUT2D eigenvalue weighted by molar-refractivity contribution is 7.22. The lowest BCUT2D eigenvalue weighted by molar-refractivity contribution is 0.954. The number of thiophene rings is 2. The lowest BCUT2D eigenvalue weighted by atomic mass is 10.2. The zero-order valence-electron chi connectivity index (χ0n) is 9.63. The van der Waals surface area contributed by atoms with Gasteiger partial charge in [-0.15, -0.1) is 34.0 Å². The molecule has 3 heterocycles. The van der Waals surface area contributed by atoms with Gasteiger partial charge in [0.15, 0.2) is 0 Å². The van der Waals surface area contributed by atoms with Gasteiger partial charge in [-0.1, -0.05) is 12.1 Å². The van der Waals surface area contributed by atoms with Crippen molar-refractivity contribution in [3.63, 3.8) is 0 Å². The van der Waals surface area contributed by atoms with Gasteiger partial charge in [0, 0.05) is 11.3 Å². The van der Waals surface area contributed by atoms with Crippen molar-refractivity contribution in [2.24, 2.45) is 5.73 Å². The third-order valence-corrected chi connectivity index (χ3v) is 5.57. The molecule has 3 aromatic heterocycles. The first-order chi connectivity index (χ1) is 8.88. The van der Waals surface area contributed by atoms with E-state index in [1.54, 1.807) is 34.0 Å². The van der Waals surface area contributed by atoms with Crippen molar-refractivity contribution in [1.82, 2.24) is 4.98 Å². The molecule has 3 rings (SSSR count). The Morgan fingerprint density at radius 2 is 1.78 bits per heavy atom. The van der Waals surface area contributed by atoms with Crippen LogP contribution in [0.1, 0.15) is 5.01 Å². The van der Waals surface area contributed by atoms with Crippen LogP contribution in [0.5, 0.6) is 0 Å². The van der Waals surface area contributed by atoms with Gasteiger partial charge < -0.3 is 5.73 Å². The number of thiazole rings is 1. The van der Waals surface area contributed by atoms with E-state index in [9.17, 15) is 0 Å². The fourth-order valence-corrected chi connectivity index (χ4v) is 4.48. The normalized spacial score (nSPS) is 10.9. The van der Waals surface area contributed by atoms with E-state index in [1.165, 1.54) is 14.6 Å². The summed E-state index contributed by atoms with van der Waals surface area (Å²) in [5, 5.41) is 5.33. The minimum atomic E-state index is 0.654. The number of rotatable bonds is 4. The van der Waals surface area contributed by atoms with Crippen LogP contribution < -0.4 is 5.73 Å². The van der Waals surface area contributed by atoms with Crippen molar-refractivity contribution in [2.75, 3.05) is 6.54 Å². The number of hydrogen-bond donors (Lipinski definition) is 1. The molecule has 0 spiro atoms. The van der Waals surface area contributed by atoms with Crippen molar-refractivity contribution in [3.8, 4) is 20.3 Å². The van der Waals surface area contributed by atoms with E-state index in [2.05, 4.69) is 35.0 Å². The van der Waals surface area contributed by atoms with E-state index in [1.807, 2.05) is 0 Å². The van der Waals surface area contributed by atoms with Gasteiger partial charge in [-0.25, -0.2) is 4.98 Å². The Hall–Kier alpha value is -1.01. The quantitative estimate of drug-likeness (QED) is 0.786. The van der Waals surface area contributed by atoms with E-state index in [-0.39, 0.29) is 0 Å². The van der Waals surface area contributed by atoms with Crippen molar-refractivity contribution < 1.29 is 0 Å². The minimum Gasteiger partial charge on any atom is -0.330 e. The Balaban J connectivity index is 2.11. The topological polar surface area (TPSA) is 38.9 Å². The summed E-state index contributed by atoms with van der Waals surface area (Å²) in [5.41, 5.74) is 6.74. The fraction of sp³-hybridized carbons (Fsp3) is 0.154. The molecule has 0 aliphatic rings. The van der Waals surface area contributed by atoms with E-state index < -0.39 is 0 Å². The van der Waals surface area contributed by atoms with Crippen LogP contribution in [0.15, 0.2) is 35.0 Å². The maximum Gasteiger partial charge on any atom is 0.100 e. The molecule has 0 unspecified atom stereocenters. The predicted molar refractivity (Wildman–Crippen MR) is 81.5 cm³/mol. The number of nitrogens with zero attached hydrogens (tertiary/aromatic N) is 1. The van der Waals surface area contributed by atoms with Crippen LogP contribution in [0, 0.1) is 0 Å². The van der Waals surface area contributed by atoms with Gasteiger partial charge >= 0.3 is 0 Å². The summed E-state index contributed by atoms with van der Waals surface area (Å²) in [6.07, 6.45) is 0.856. The van der Waals surface area contributed by atoms with Crippen LogP contribution in [0.25, 0.3) is 20.3 Å². The smallest absolute Gasteiger partial charge is 0.100 e. The predicted octanol–water partition coefficient (Wildman–Crippen LogP) is 4.10. The van der Waals surface area contributed by atoms with Crippen LogP contribution >= 0.6 is 34.0 Å². The molecule has 0 fully saturated rings. The molecule has 0 bridgehead atoms. The Bertz CT molecular complexity index is 557. The van der Waals surface area contributed by atoms with Crippen LogP contribution in [0.4, 0.5) is 0 Å². The second-order valence-electron chi connectivity index (χ2n) is 3.78. The molecule has 0 radical (unpaired) electrons. The monoisotopic (exact) mass is 292 g/mol. The Morgan fingerprint density at radius 3 is 2.39 bits per heavy atom. The first-order valence-corrected chi connectivity index (χ1v) is 8.23. The third-order valence-electron chi connectivity index (χ3n) is 2.53. The van der Waals surface area contributed by atoms with E-state index in [0.29, 0.717) is 6.54 Å². The Kier molecular flexibility index (Phi) is 3.56. The van der Waals surface area contributed by atoms with Gasteiger partial charge in [0.25, 0.3) is 0 Å². The maximum atomic E-state index is 5.63. The zero-order chi connectivity index (χ0) is 12.4. The van der Waals surface area contributed by atoms with Crippen LogP contribution in [-0.4, -0.2) is 11.5 Å². The molecule has 0 aromatic carbocycles. The summed E-state index contributed by atoms with van der Waals surface area (Å²) >= 11 is 5.27. The number of aromatic nitrogens is 1. The molecule has 0 aliphatic heterocycles. The lowest BCUT2D eigenvalue weighted by Gasteiger charge is -1.95. The lowest BCUT2D eigenvalue weighted by Crippen LogP contribution is -2.01. The van der Waals surface area contributed by atoms with Gasteiger partial charge in [0.05, 0.1) is 14.8 Å². The highest BCUT2D eigenvalue weighted by Gasteiger charge is 2.15. The molecule has 2 N–H and O–H groups in total. The van der Waals surface area contributed by atoms with Crippen molar-refractivity contribution in [3.05, 3.63) is 40.0 Å². The molecular weight excluding hydrogens is 280 g/mol. The second-order valence-corrected chi connectivity index (χ2v) is 6.76. The van der Waals surface area contributed by atoms with Crippen LogP contribution in [0.2, 0.25) is 0 Å². The van der Waals surface area contributed by atoms with Crippen LogP contribution in [-0.2, 0) is 6.42 Å². The van der Waals surface area contributed by atoms with E-state index in [0.717, 1.165) is 17.1 Å². The SMILES string of the molecule is NCCc1nc(-c2cccs2)c(-c2cccs2)s1. The minimum absolute atomic E-state index is 0.654. The van der Waals surface area contributed by atoms with Gasteiger partial charge in [-0.2, -0.15) is 0 Å². The van der Waals surface area contributed by atoms with Crippen LogP contribution in [0.3, 0.4) is 0 Å². The number of hydrogen-bond acceptors (Lipinski definition) is 5. The summed E-state index contributed by atoms with van der Waals surface area (Å²) in [6, 6.07) is 8.44. The summed E-state index contributed by atoms with van der Waals surface area (Å²) in [7, 11) is 0. The largest absolute Gasteiger partial charge is 0.330 e. The molecule has 2 nitrogen and oxygen atoms in total. The van der Waals surface area contributed by atoms with Gasteiger partial charge in [0.1, 0.15) is 5.69 Å². The summed E-state index contributed by atoms with van der Waals surface area (Å²) in [5.74, 6) is 0. The number of nitrogens with two attached hydrogens (primary N) is 1. The molecule has 0 aliphatic carbocycles. The highest BCUT2D eigenvalue weighted by atomic mass is 32.1. The molecular formula is C13H12N2S3. The van der Waals surface area contributed by atoms with E-state index in [4.69, 9.17) is 10.7 Å². The Morgan fingerprint density at radius 1 is 1.06 bits per heavy atom. The third kappa shape index (κ3) is 2.27. The molecule has 0 amide bonds. The molecule has 18 heavy (non-hydrogen) atoms. The standard InChI is InChI=1S/C13H12N2S3/c14-6-5-11-15-12(9-3-1-7-16-9)13(18-11)10-4-2-8-17-10/h1-4,7-8H,5-6,14H2. The maximum absolute atomic E-state index is 5.63. The Labute approximate surface area is 118 Å². The molecule has 0 saturated carbocycles. The van der Waals surface area contributed by atoms with Crippen molar-refractivity contribution in [2.45, 2.75) is 6.42 Å². The first kappa shape index (κ1) is 12.0. The van der Waals surface area contributed by atoms with Gasteiger partial charge in [-0.3, -0.25) is 0 Å². The average Bonchev–Trinajstić information content (AvgIpc) is 3.11. The highest BCUT2D eigenvalue weighted by Crippen LogP contribution is 2.40. The van der Waals surface area contributed by atoms with Gasteiger partial charge in [0.2, 0.25) is 0 Å². The van der Waals surface area contributed by atoms with Crippen molar-refractivity contribution in [1.29, 1.82) is 0 Å². The van der Waals surface area contributed by atoms with Gasteiger partial charge in [-0.05, 0) is 29.4 Å².